The van der Waals surface area contributed by atoms with Crippen LogP contribution in [0.25, 0.3) is 0 Å². The number of thioether (sulfide) groups is 1. The van der Waals surface area contributed by atoms with Crippen LogP contribution in [0.1, 0.15) is 19.1 Å². The molecule has 1 unspecified atom stereocenters. The highest BCUT2D eigenvalue weighted by atomic mass is 32.2. The van der Waals surface area contributed by atoms with E-state index < -0.39 is 0 Å². The zero-order chi connectivity index (χ0) is 9.80. The van der Waals surface area contributed by atoms with Gasteiger partial charge in [0, 0.05) is 17.9 Å². The van der Waals surface area contributed by atoms with Crippen molar-refractivity contribution in [1.82, 2.24) is 10.5 Å². The molecule has 0 bridgehead atoms. The van der Waals surface area contributed by atoms with Crippen molar-refractivity contribution in [2.24, 2.45) is 4.99 Å². The summed E-state index contributed by atoms with van der Waals surface area (Å²) >= 11 is 1.77. The predicted octanol–water partition coefficient (Wildman–Crippen LogP) is 1.65. The monoisotopic (exact) mass is 211 g/mol. The predicted molar refractivity (Wildman–Crippen MR) is 57.3 cm³/mol. The average molecular weight is 211 g/mol. The third-order valence-corrected chi connectivity index (χ3v) is 2.99. The molecule has 0 spiro atoms. The second-order valence-electron chi connectivity index (χ2n) is 3.28. The average Bonchev–Trinajstić information content (AvgIpc) is 2.67. The highest BCUT2D eigenvalue weighted by Gasteiger charge is 2.12. The molecule has 1 atom stereocenters. The maximum Gasteiger partial charge on any atom is 0.158 e. The van der Waals surface area contributed by atoms with E-state index in [0.717, 1.165) is 16.7 Å². The van der Waals surface area contributed by atoms with Crippen LogP contribution in [0.2, 0.25) is 0 Å². The Kier molecular flexibility index (Phi) is 3.08. The Labute approximate surface area is 87.1 Å². The number of amidine groups is 1. The van der Waals surface area contributed by atoms with Crippen LogP contribution in [-0.2, 0) is 6.54 Å². The fourth-order valence-electron chi connectivity index (χ4n) is 1.22. The van der Waals surface area contributed by atoms with Gasteiger partial charge in [0.25, 0.3) is 0 Å². The molecule has 1 fully saturated rings. The van der Waals surface area contributed by atoms with Crippen molar-refractivity contribution >= 4 is 16.9 Å². The zero-order valence-electron chi connectivity index (χ0n) is 8.06. The lowest BCUT2D eigenvalue weighted by Gasteiger charge is -2.21. The van der Waals surface area contributed by atoms with E-state index in [2.05, 4.69) is 22.4 Å². The molecule has 76 valence electrons. The van der Waals surface area contributed by atoms with Crippen LogP contribution in [0.4, 0.5) is 0 Å². The Balaban J connectivity index is 1.91. The van der Waals surface area contributed by atoms with Crippen molar-refractivity contribution < 1.29 is 4.52 Å². The van der Waals surface area contributed by atoms with Gasteiger partial charge in [-0.1, -0.05) is 16.9 Å². The number of rotatable bonds is 2. The van der Waals surface area contributed by atoms with Crippen LogP contribution in [0.3, 0.4) is 0 Å². The minimum Gasteiger partial charge on any atom is -0.362 e. The molecule has 1 aliphatic heterocycles. The molecule has 5 heteroatoms. The molecule has 4 nitrogen and oxygen atoms in total. The lowest BCUT2D eigenvalue weighted by atomic mass is 10.3. The maximum atomic E-state index is 4.96. The molecule has 2 rings (SSSR count). The summed E-state index contributed by atoms with van der Waals surface area (Å²) in [7, 11) is 0. The Hall–Kier alpha value is -0.970. The maximum absolute atomic E-state index is 4.96. The van der Waals surface area contributed by atoms with E-state index in [9.17, 15) is 0 Å². The molecule has 0 aromatic carbocycles. The SMILES string of the molecule is CC1CCSC(=NCc2ccno2)N1. The molecule has 14 heavy (non-hydrogen) atoms. The fourth-order valence-corrected chi connectivity index (χ4v) is 2.33. The molecule has 1 aromatic heterocycles. The van der Waals surface area contributed by atoms with Crippen LogP contribution in [0.15, 0.2) is 21.8 Å². The van der Waals surface area contributed by atoms with E-state index in [-0.39, 0.29) is 0 Å². The van der Waals surface area contributed by atoms with E-state index >= 15 is 0 Å². The number of aromatic nitrogens is 1. The number of hydrogen-bond donors (Lipinski definition) is 1. The summed E-state index contributed by atoms with van der Waals surface area (Å²) < 4.78 is 4.96. The third kappa shape index (κ3) is 2.51. The van der Waals surface area contributed by atoms with Gasteiger partial charge >= 0.3 is 0 Å². The smallest absolute Gasteiger partial charge is 0.158 e. The quantitative estimate of drug-likeness (QED) is 0.808. The third-order valence-electron chi connectivity index (χ3n) is 2.03. The van der Waals surface area contributed by atoms with Gasteiger partial charge in [0.2, 0.25) is 0 Å². The van der Waals surface area contributed by atoms with Gasteiger partial charge in [0.15, 0.2) is 10.9 Å². The van der Waals surface area contributed by atoms with Crippen molar-refractivity contribution in [2.75, 3.05) is 5.75 Å². The molecular weight excluding hydrogens is 198 g/mol. The summed E-state index contributed by atoms with van der Waals surface area (Å²) in [5.41, 5.74) is 0. The number of hydrogen-bond acceptors (Lipinski definition) is 4. The number of nitrogens with zero attached hydrogens (tertiary/aromatic N) is 2. The minimum absolute atomic E-state index is 0.532. The van der Waals surface area contributed by atoms with Crippen LogP contribution >= 0.6 is 11.8 Å². The molecule has 0 amide bonds. The summed E-state index contributed by atoms with van der Waals surface area (Å²) in [5.74, 6) is 1.95. The first-order valence-corrected chi connectivity index (χ1v) is 5.66. The van der Waals surface area contributed by atoms with Crippen LogP contribution < -0.4 is 5.32 Å². The summed E-state index contributed by atoms with van der Waals surface area (Å²) in [4.78, 5) is 4.41. The molecule has 2 heterocycles. The first-order chi connectivity index (χ1) is 6.84. The van der Waals surface area contributed by atoms with E-state index in [0.29, 0.717) is 12.6 Å². The zero-order valence-corrected chi connectivity index (χ0v) is 8.88. The van der Waals surface area contributed by atoms with Gasteiger partial charge in [-0.25, -0.2) is 0 Å². The van der Waals surface area contributed by atoms with Gasteiger partial charge in [0.1, 0.15) is 6.54 Å². The van der Waals surface area contributed by atoms with Crippen molar-refractivity contribution in [1.29, 1.82) is 0 Å². The summed E-state index contributed by atoms with van der Waals surface area (Å²) in [6.07, 6.45) is 2.84. The van der Waals surface area contributed by atoms with Gasteiger partial charge in [-0.3, -0.25) is 4.99 Å². The molecule has 1 saturated heterocycles. The number of aliphatic imine (C=N–C) groups is 1. The highest BCUT2D eigenvalue weighted by molar-refractivity contribution is 8.13. The van der Waals surface area contributed by atoms with E-state index in [1.54, 1.807) is 18.0 Å². The number of nitrogens with one attached hydrogen (secondary N) is 1. The van der Waals surface area contributed by atoms with E-state index in [1.165, 1.54) is 6.42 Å². The normalized spacial score (nSPS) is 24.9. The first-order valence-electron chi connectivity index (χ1n) is 4.68. The minimum atomic E-state index is 0.532. The Bertz CT molecular complexity index is 310. The molecule has 0 saturated carbocycles. The van der Waals surface area contributed by atoms with Crippen molar-refractivity contribution in [3.8, 4) is 0 Å². The van der Waals surface area contributed by atoms with Crippen LogP contribution in [0.5, 0.6) is 0 Å². The lowest BCUT2D eigenvalue weighted by Crippen LogP contribution is -2.35. The topological polar surface area (TPSA) is 50.4 Å². The largest absolute Gasteiger partial charge is 0.362 e. The van der Waals surface area contributed by atoms with Crippen LogP contribution in [0, 0.1) is 0 Å². The molecule has 1 aliphatic rings. The summed E-state index contributed by atoms with van der Waals surface area (Å²) in [6, 6.07) is 2.37. The Morgan fingerprint density at radius 1 is 1.79 bits per heavy atom. The van der Waals surface area contributed by atoms with Crippen molar-refractivity contribution in [3.05, 3.63) is 18.0 Å². The van der Waals surface area contributed by atoms with Gasteiger partial charge in [-0.15, -0.1) is 0 Å². The lowest BCUT2D eigenvalue weighted by molar-refractivity contribution is 0.385. The molecule has 0 aliphatic carbocycles. The van der Waals surface area contributed by atoms with Gasteiger partial charge < -0.3 is 9.84 Å². The molecule has 1 N–H and O–H groups in total. The van der Waals surface area contributed by atoms with E-state index in [4.69, 9.17) is 4.52 Å². The Morgan fingerprint density at radius 3 is 3.43 bits per heavy atom. The van der Waals surface area contributed by atoms with Crippen molar-refractivity contribution in [2.45, 2.75) is 25.9 Å². The van der Waals surface area contributed by atoms with Gasteiger partial charge in [-0.2, -0.15) is 0 Å². The van der Waals surface area contributed by atoms with Crippen LogP contribution in [-0.4, -0.2) is 22.1 Å². The van der Waals surface area contributed by atoms with Crippen molar-refractivity contribution in [3.63, 3.8) is 0 Å². The molecule has 1 aromatic rings. The highest BCUT2D eigenvalue weighted by Crippen LogP contribution is 2.14. The second-order valence-corrected chi connectivity index (χ2v) is 4.37. The van der Waals surface area contributed by atoms with Gasteiger partial charge in [0.05, 0.1) is 6.20 Å². The summed E-state index contributed by atoms with van der Waals surface area (Å²) in [5, 5.41) is 7.97. The second kappa shape index (κ2) is 4.50. The summed E-state index contributed by atoms with van der Waals surface area (Å²) in [6.45, 7) is 2.74. The molecular formula is C9H13N3OS. The standard InChI is InChI=1S/C9H13N3OS/c1-7-3-5-14-9(12-7)10-6-8-2-4-11-13-8/h2,4,7H,3,5-6H2,1H3,(H,10,12). The van der Waals surface area contributed by atoms with E-state index in [1.807, 2.05) is 6.07 Å². The van der Waals surface area contributed by atoms with Gasteiger partial charge in [-0.05, 0) is 13.3 Å². The fraction of sp³-hybridized carbons (Fsp3) is 0.556. The molecule has 0 radical (unpaired) electrons. The Morgan fingerprint density at radius 2 is 2.71 bits per heavy atom. The first kappa shape index (κ1) is 9.58.